The number of hydrogen-bond acceptors (Lipinski definition) is 6. The van der Waals surface area contributed by atoms with Gasteiger partial charge in [0.25, 0.3) is 5.56 Å². The van der Waals surface area contributed by atoms with Crippen LogP contribution < -0.4 is 16.2 Å². The van der Waals surface area contributed by atoms with E-state index in [4.69, 9.17) is 0 Å². The topological polar surface area (TPSA) is 84.7 Å². The highest BCUT2D eigenvalue weighted by Crippen LogP contribution is 2.23. The first-order chi connectivity index (χ1) is 12.6. The van der Waals surface area contributed by atoms with Crippen molar-refractivity contribution in [3.8, 4) is 11.3 Å². The molecule has 26 heavy (non-hydrogen) atoms. The fraction of sp³-hybridized carbons (Fsp3) is 0.368. The molecule has 2 N–H and O–H groups in total. The summed E-state index contributed by atoms with van der Waals surface area (Å²) in [4.78, 5) is 17.2. The highest BCUT2D eigenvalue weighted by molar-refractivity contribution is 5.92. The van der Waals surface area contributed by atoms with Crippen molar-refractivity contribution in [1.29, 1.82) is 0 Å². The summed E-state index contributed by atoms with van der Waals surface area (Å²) in [6, 6.07) is 10.0. The highest BCUT2D eigenvalue weighted by atomic mass is 16.1. The lowest BCUT2D eigenvalue weighted by Crippen LogP contribution is -2.30. The molecule has 1 fully saturated rings. The monoisotopic (exact) mass is 350 g/mol. The second-order valence-corrected chi connectivity index (χ2v) is 6.70. The molecule has 0 saturated carbocycles. The second-order valence-electron chi connectivity index (χ2n) is 6.70. The third kappa shape index (κ3) is 3.11. The van der Waals surface area contributed by atoms with Gasteiger partial charge in [0, 0.05) is 31.7 Å². The first-order valence-electron chi connectivity index (χ1n) is 8.87. The van der Waals surface area contributed by atoms with Gasteiger partial charge in [-0.1, -0.05) is 12.1 Å². The third-order valence-corrected chi connectivity index (χ3v) is 4.96. The average molecular weight is 350 g/mol. The quantitative estimate of drug-likeness (QED) is 0.734. The van der Waals surface area contributed by atoms with E-state index in [9.17, 15) is 4.79 Å². The zero-order chi connectivity index (χ0) is 18.1. The van der Waals surface area contributed by atoms with Gasteiger partial charge in [-0.15, -0.1) is 0 Å². The van der Waals surface area contributed by atoms with E-state index in [0.29, 0.717) is 35.0 Å². The summed E-state index contributed by atoms with van der Waals surface area (Å²) in [5.41, 5.74) is 2.96. The standard InChI is InChI=1S/C19H22N6O/c1-12-22-17-5-3-4-15(18(17)19(26)25(12)2)16-7-6-14(23-24-16)11-21-13-8-9-20-10-13/h3-7,13,20-21H,8-11H2,1-2H3. The maximum absolute atomic E-state index is 12.7. The van der Waals surface area contributed by atoms with Crippen LogP contribution in [0, 0.1) is 6.92 Å². The molecule has 0 bridgehead atoms. The summed E-state index contributed by atoms with van der Waals surface area (Å²) >= 11 is 0. The summed E-state index contributed by atoms with van der Waals surface area (Å²) < 4.78 is 1.56. The molecule has 1 aliphatic rings. The van der Waals surface area contributed by atoms with Crippen molar-refractivity contribution in [2.24, 2.45) is 7.05 Å². The van der Waals surface area contributed by atoms with E-state index >= 15 is 0 Å². The molecule has 3 heterocycles. The van der Waals surface area contributed by atoms with E-state index in [0.717, 1.165) is 30.8 Å². The van der Waals surface area contributed by atoms with Crippen LogP contribution in [0.1, 0.15) is 17.9 Å². The molecular weight excluding hydrogens is 328 g/mol. The summed E-state index contributed by atoms with van der Waals surface area (Å²) in [6.07, 6.45) is 1.14. The number of nitrogens with one attached hydrogen (secondary N) is 2. The number of benzene rings is 1. The molecule has 4 rings (SSSR count). The van der Waals surface area contributed by atoms with Crippen LogP contribution in [0.15, 0.2) is 35.1 Å². The Kier molecular flexibility index (Phi) is 4.48. The smallest absolute Gasteiger partial charge is 0.261 e. The molecule has 1 atom stereocenters. The van der Waals surface area contributed by atoms with Gasteiger partial charge in [-0.3, -0.25) is 9.36 Å². The Bertz CT molecular complexity index is 989. The average Bonchev–Trinajstić information content (AvgIpc) is 3.18. The van der Waals surface area contributed by atoms with E-state index < -0.39 is 0 Å². The number of nitrogens with zero attached hydrogens (tertiary/aromatic N) is 4. The minimum absolute atomic E-state index is 0.0654. The molecule has 3 aromatic rings. The zero-order valence-corrected chi connectivity index (χ0v) is 15.0. The number of rotatable bonds is 4. The van der Waals surface area contributed by atoms with E-state index in [1.807, 2.05) is 37.3 Å². The molecule has 134 valence electrons. The van der Waals surface area contributed by atoms with Crippen molar-refractivity contribution in [3.05, 3.63) is 52.2 Å². The third-order valence-electron chi connectivity index (χ3n) is 4.96. The number of fused-ring (bicyclic) bond motifs is 1. The van der Waals surface area contributed by atoms with Gasteiger partial charge in [0.05, 0.1) is 22.3 Å². The maximum atomic E-state index is 12.7. The lowest BCUT2D eigenvalue weighted by molar-refractivity contribution is 0.539. The molecular formula is C19H22N6O. The van der Waals surface area contributed by atoms with Crippen molar-refractivity contribution in [1.82, 2.24) is 30.4 Å². The fourth-order valence-electron chi connectivity index (χ4n) is 3.31. The normalized spacial score (nSPS) is 17.1. The van der Waals surface area contributed by atoms with Crippen LogP contribution >= 0.6 is 0 Å². The Morgan fingerprint density at radius 1 is 1.27 bits per heavy atom. The molecule has 1 unspecified atom stereocenters. The molecule has 1 saturated heterocycles. The van der Waals surface area contributed by atoms with Crippen LogP contribution in [-0.4, -0.2) is 38.9 Å². The van der Waals surface area contributed by atoms with Gasteiger partial charge in [0.1, 0.15) is 5.82 Å². The Balaban J connectivity index is 1.65. The van der Waals surface area contributed by atoms with Gasteiger partial charge >= 0.3 is 0 Å². The Morgan fingerprint density at radius 2 is 2.15 bits per heavy atom. The summed E-state index contributed by atoms with van der Waals surface area (Å²) in [6.45, 7) is 4.58. The second kappa shape index (κ2) is 6.93. The van der Waals surface area contributed by atoms with Crippen molar-refractivity contribution in [3.63, 3.8) is 0 Å². The largest absolute Gasteiger partial charge is 0.315 e. The minimum atomic E-state index is -0.0654. The van der Waals surface area contributed by atoms with Gasteiger partial charge in [0.2, 0.25) is 0 Å². The number of aryl methyl sites for hydroxylation is 1. The fourth-order valence-corrected chi connectivity index (χ4v) is 3.31. The van der Waals surface area contributed by atoms with Crippen LogP contribution in [0.4, 0.5) is 0 Å². The van der Waals surface area contributed by atoms with Gasteiger partial charge < -0.3 is 10.6 Å². The molecule has 1 aromatic carbocycles. The Hall–Kier alpha value is -2.64. The predicted octanol–water partition coefficient (Wildman–Crippen LogP) is 1.15. The molecule has 1 aliphatic heterocycles. The number of hydrogen-bond donors (Lipinski definition) is 2. The molecule has 0 amide bonds. The highest BCUT2D eigenvalue weighted by Gasteiger charge is 2.15. The number of aromatic nitrogens is 4. The van der Waals surface area contributed by atoms with Crippen molar-refractivity contribution in [2.75, 3.05) is 13.1 Å². The minimum Gasteiger partial charge on any atom is -0.315 e. The summed E-state index contributed by atoms with van der Waals surface area (Å²) in [5.74, 6) is 0.688. The van der Waals surface area contributed by atoms with Crippen molar-refractivity contribution in [2.45, 2.75) is 25.9 Å². The molecule has 2 aromatic heterocycles. The lowest BCUT2D eigenvalue weighted by Gasteiger charge is -2.11. The SMILES string of the molecule is Cc1nc2cccc(-c3ccc(CNC4CCNC4)nn3)c2c(=O)n1C. The Morgan fingerprint density at radius 3 is 2.88 bits per heavy atom. The summed E-state index contributed by atoms with van der Waals surface area (Å²) in [7, 11) is 1.74. The van der Waals surface area contributed by atoms with Crippen LogP contribution in [0.5, 0.6) is 0 Å². The predicted molar refractivity (Wildman–Crippen MR) is 101 cm³/mol. The van der Waals surface area contributed by atoms with Gasteiger partial charge in [-0.05, 0) is 38.1 Å². The van der Waals surface area contributed by atoms with Crippen LogP contribution in [-0.2, 0) is 13.6 Å². The molecule has 7 heteroatoms. The van der Waals surface area contributed by atoms with Crippen molar-refractivity contribution < 1.29 is 0 Å². The lowest BCUT2D eigenvalue weighted by atomic mass is 10.1. The molecule has 0 aliphatic carbocycles. The van der Waals surface area contributed by atoms with Crippen molar-refractivity contribution >= 4 is 10.9 Å². The van der Waals surface area contributed by atoms with E-state index in [1.54, 1.807) is 11.6 Å². The van der Waals surface area contributed by atoms with Gasteiger partial charge in [-0.25, -0.2) is 4.98 Å². The first kappa shape index (κ1) is 16.8. The van der Waals surface area contributed by atoms with E-state index in [2.05, 4.69) is 25.8 Å². The Labute approximate surface area is 151 Å². The molecule has 0 spiro atoms. The van der Waals surface area contributed by atoms with Gasteiger partial charge in [-0.2, -0.15) is 10.2 Å². The van der Waals surface area contributed by atoms with Crippen LogP contribution in [0.3, 0.4) is 0 Å². The zero-order valence-electron chi connectivity index (χ0n) is 15.0. The van der Waals surface area contributed by atoms with Crippen LogP contribution in [0.25, 0.3) is 22.2 Å². The van der Waals surface area contributed by atoms with Crippen LogP contribution in [0.2, 0.25) is 0 Å². The molecule has 0 radical (unpaired) electrons. The van der Waals surface area contributed by atoms with E-state index in [1.165, 1.54) is 0 Å². The van der Waals surface area contributed by atoms with Gasteiger partial charge in [0.15, 0.2) is 0 Å². The molecule has 7 nitrogen and oxygen atoms in total. The van der Waals surface area contributed by atoms with E-state index in [-0.39, 0.29) is 5.56 Å². The maximum Gasteiger partial charge on any atom is 0.261 e. The summed E-state index contributed by atoms with van der Waals surface area (Å²) in [5, 5.41) is 16.1. The first-order valence-corrected chi connectivity index (χ1v) is 8.87.